The largest absolute Gasteiger partial charge is 0.492 e. The third kappa shape index (κ3) is 8.23. The molecule has 0 aromatic heterocycles. The van der Waals surface area contributed by atoms with E-state index in [1.807, 2.05) is 6.92 Å². The second-order valence-corrected chi connectivity index (χ2v) is 6.06. The molecule has 5 nitrogen and oxygen atoms in total. The van der Waals surface area contributed by atoms with Gasteiger partial charge >= 0.3 is 0 Å². The van der Waals surface area contributed by atoms with Crippen LogP contribution in [-0.2, 0) is 4.79 Å². The third-order valence-electron chi connectivity index (χ3n) is 4.22. The smallest absolute Gasteiger partial charge is 0.224 e. The van der Waals surface area contributed by atoms with Gasteiger partial charge in [-0.3, -0.25) is 9.69 Å². The molecule has 0 aliphatic carbocycles. The van der Waals surface area contributed by atoms with Crippen LogP contribution in [0.1, 0.15) is 19.8 Å². The minimum Gasteiger partial charge on any atom is -0.492 e. The molecule has 1 aliphatic rings. The standard InChI is InChI=1S/C17H26FN3O2.2ClH/c1-13(12-19)17(22)20-15-6-8-21(9-7-15)10-11-23-16-4-2-14(18)3-5-16;;/h2-5,13,15H,6-12,19H2,1H3,(H,20,22);2*1H. The van der Waals surface area contributed by atoms with Crippen LogP contribution in [0.15, 0.2) is 24.3 Å². The highest BCUT2D eigenvalue weighted by Gasteiger charge is 2.22. The molecule has 1 aromatic carbocycles. The number of hydrogen-bond donors (Lipinski definition) is 2. The number of halogens is 3. The summed E-state index contributed by atoms with van der Waals surface area (Å²) in [5.74, 6) is 0.345. The number of amides is 1. The highest BCUT2D eigenvalue weighted by atomic mass is 35.5. The number of carbonyl (C=O) groups is 1. The van der Waals surface area contributed by atoms with E-state index in [2.05, 4.69) is 10.2 Å². The average Bonchev–Trinajstić information content (AvgIpc) is 2.57. The summed E-state index contributed by atoms with van der Waals surface area (Å²) in [4.78, 5) is 14.1. The number of ether oxygens (including phenoxy) is 1. The van der Waals surface area contributed by atoms with Gasteiger partial charge in [0.2, 0.25) is 5.91 Å². The molecule has 1 aliphatic heterocycles. The van der Waals surface area contributed by atoms with Crippen molar-refractivity contribution in [1.29, 1.82) is 0 Å². The van der Waals surface area contributed by atoms with E-state index < -0.39 is 0 Å². The topological polar surface area (TPSA) is 67.6 Å². The van der Waals surface area contributed by atoms with Crippen molar-refractivity contribution in [2.24, 2.45) is 11.7 Å². The van der Waals surface area contributed by atoms with Gasteiger partial charge in [-0.15, -0.1) is 24.8 Å². The minimum absolute atomic E-state index is 0. The van der Waals surface area contributed by atoms with Crippen LogP contribution in [0.3, 0.4) is 0 Å². The van der Waals surface area contributed by atoms with Gasteiger partial charge in [0.1, 0.15) is 18.2 Å². The van der Waals surface area contributed by atoms with Gasteiger partial charge in [-0.05, 0) is 37.1 Å². The SMILES string of the molecule is CC(CN)C(=O)NC1CCN(CCOc2ccc(F)cc2)CC1.Cl.Cl. The van der Waals surface area contributed by atoms with E-state index in [0.717, 1.165) is 32.5 Å². The van der Waals surface area contributed by atoms with Crippen molar-refractivity contribution >= 4 is 30.7 Å². The first-order valence-electron chi connectivity index (χ1n) is 8.19. The zero-order chi connectivity index (χ0) is 16.7. The number of nitrogens with zero attached hydrogens (tertiary/aromatic N) is 1. The molecule has 0 spiro atoms. The Morgan fingerprint density at radius 3 is 2.48 bits per heavy atom. The van der Waals surface area contributed by atoms with Crippen molar-refractivity contribution in [3.05, 3.63) is 30.1 Å². The van der Waals surface area contributed by atoms with Gasteiger partial charge in [0.25, 0.3) is 0 Å². The normalized spacial score (nSPS) is 16.3. The lowest BCUT2D eigenvalue weighted by molar-refractivity contribution is -0.125. The first-order chi connectivity index (χ1) is 11.1. The molecule has 2 rings (SSSR count). The number of benzene rings is 1. The fraction of sp³-hybridized carbons (Fsp3) is 0.588. The molecule has 1 heterocycles. The molecule has 0 saturated carbocycles. The third-order valence-corrected chi connectivity index (χ3v) is 4.22. The first-order valence-corrected chi connectivity index (χ1v) is 8.19. The van der Waals surface area contributed by atoms with Gasteiger partial charge in [0.05, 0.1) is 0 Å². The lowest BCUT2D eigenvalue weighted by Gasteiger charge is -2.32. The molecule has 144 valence electrons. The van der Waals surface area contributed by atoms with E-state index in [1.165, 1.54) is 12.1 Å². The first kappa shape index (κ1) is 23.9. The number of rotatable bonds is 7. The fourth-order valence-electron chi connectivity index (χ4n) is 2.57. The Bertz CT molecular complexity index is 497. The summed E-state index contributed by atoms with van der Waals surface area (Å²) in [5.41, 5.74) is 5.51. The van der Waals surface area contributed by atoms with Crippen LogP contribution in [-0.4, -0.2) is 49.6 Å². The molecule has 8 heteroatoms. The van der Waals surface area contributed by atoms with Crippen molar-refractivity contribution in [3.8, 4) is 5.75 Å². The van der Waals surface area contributed by atoms with Crippen LogP contribution in [0.4, 0.5) is 4.39 Å². The predicted octanol–water partition coefficient (Wildman–Crippen LogP) is 2.22. The summed E-state index contributed by atoms with van der Waals surface area (Å²) in [6, 6.07) is 6.30. The highest BCUT2D eigenvalue weighted by Crippen LogP contribution is 2.13. The summed E-state index contributed by atoms with van der Waals surface area (Å²) in [5, 5.41) is 3.06. The van der Waals surface area contributed by atoms with Crippen LogP contribution in [0.25, 0.3) is 0 Å². The van der Waals surface area contributed by atoms with Crippen LogP contribution < -0.4 is 15.8 Å². The maximum absolute atomic E-state index is 12.8. The van der Waals surface area contributed by atoms with Crippen LogP contribution in [0, 0.1) is 11.7 Å². The zero-order valence-corrected chi connectivity index (χ0v) is 16.1. The summed E-state index contributed by atoms with van der Waals surface area (Å²) < 4.78 is 18.4. The molecule has 1 saturated heterocycles. The second-order valence-electron chi connectivity index (χ2n) is 6.06. The lowest BCUT2D eigenvalue weighted by atomic mass is 10.0. The Morgan fingerprint density at radius 1 is 1.32 bits per heavy atom. The van der Waals surface area contributed by atoms with E-state index in [4.69, 9.17) is 10.5 Å². The Balaban J connectivity index is 0.00000288. The number of piperidine rings is 1. The van der Waals surface area contributed by atoms with Gasteiger partial charge in [-0.25, -0.2) is 4.39 Å². The molecule has 3 N–H and O–H groups in total. The summed E-state index contributed by atoms with van der Waals surface area (Å²) in [7, 11) is 0. The van der Waals surface area contributed by atoms with Crippen LogP contribution in [0.2, 0.25) is 0 Å². The number of nitrogens with one attached hydrogen (secondary N) is 1. The zero-order valence-electron chi connectivity index (χ0n) is 14.4. The predicted molar refractivity (Wildman–Crippen MR) is 102 cm³/mol. The molecule has 0 radical (unpaired) electrons. The maximum atomic E-state index is 12.8. The Labute approximate surface area is 161 Å². The average molecular weight is 396 g/mol. The lowest BCUT2D eigenvalue weighted by Crippen LogP contribution is -2.47. The van der Waals surface area contributed by atoms with Crippen molar-refractivity contribution < 1.29 is 13.9 Å². The molecule has 25 heavy (non-hydrogen) atoms. The summed E-state index contributed by atoms with van der Waals surface area (Å²) in [6.45, 7) is 5.51. The summed E-state index contributed by atoms with van der Waals surface area (Å²) >= 11 is 0. The Morgan fingerprint density at radius 2 is 1.92 bits per heavy atom. The molecular weight excluding hydrogens is 368 g/mol. The number of hydrogen-bond acceptors (Lipinski definition) is 4. The van der Waals surface area contributed by atoms with Gasteiger partial charge < -0.3 is 15.8 Å². The van der Waals surface area contributed by atoms with E-state index in [0.29, 0.717) is 18.9 Å². The number of likely N-dealkylation sites (tertiary alicyclic amines) is 1. The minimum atomic E-state index is -0.259. The quantitative estimate of drug-likeness (QED) is 0.742. The van der Waals surface area contributed by atoms with Crippen LogP contribution in [0.5, 0.6) is 5.75 Å². The van der Waals surface area contributed by atoms with Crippen LogP contribution >= 0.6 is 24.8 Å². The van der Waals surface area contributed by atoms with Crippen molar-refractivity contribution in [2.75, 3.05) is 32.8 Å². The second kappa shape index (κ2) is 12.3. The monoisotopic (exact) mass is 395 g/mol. The van der Waals surface area contributed by atoms with Crippen molar-refractivity contribution in [3.63, 3.8) is 0 Å². The highest BCUT2D eigenvalue weighted by molar-refractivity contribution is 5.85. The van der Waals surface area contributed by atoms with Gasteiger partial charge in [0, 0.05) is 38.1 Å². The van der Waals surface area contributed by atoms with Gasteiger partial charge in [-0.1, -0.05) is 6.92 Å². The van der Waals surface area contributed by atoms with E-state index >= 15 is 0 Å². The summed E-state index contributed by atoms with van der Waals surface area (Å²) in [6.07, 6.45) is 1.89. The van der Waals surface area contributed by atoms with E-state index in [9.17, 15) is 9.18 Å². The molecule has 1 aromatic rings. The molecule has 1 atom stereocenters. The van der Waals surface area contributed by atoms with Crippen molar-refractivity contribution in [2.45, 2.75) is 25.8 Å². The Kier molecular flexibility index (Phi) is 11.8. The van der Waals surface area contributed by atoms with E-state index in [1.54, 1.807) is 12.1 Å². The number of nitrogens with two attached hydrogens (primary N) is 1. The molecular formula is C17H28Cl2FN3O2. The molecule has 0 bridgehead atoms. The van der Waals surface area contributed by atoms with Crippen molar-refractivity contribution in [1.82, 2.24) is 10.2 Å². The number of carbonyl (C=O) groups excluding carboxylic acids is 1. The fourth-order valence-corrected chi connectivity index (χ4v) is 2.57. The molecule has 1 amide bonds. The van der Waals surface area contributed by atoms with Gasteiger partial charge in [-0.2, -0.15) is 0 Å². The van der Waals surface area contributed by atoms with Gasteiger partial charge in [0.15, 0.2) is 0 Å². The Hall–Kier alpha value is -1.08. The molecule has 1 fully saturated rings. The maximum Gasteiger partial charge on any atom is 0.224 e. The molecule has 1 unspecified atom stereocenters. The van der Waals surface area contributed by atoms with E-state index in [-0.39, 0.29) is 48.5 Å².